The van der Waals surface area contributed by atoms with Crippen molar-refractivity contribution >= 4 is 5.91 Å². The number of piperidine rings is 1. The Morgan fingerprint density at radius 3 is 3.04 bits per heavy atom. The maximum absolute atomic E-state index is 13.8. The Kier molecular flexibility index (Phi) is 3.70. The Bertz CT molecular complexity index is 776. The molecule has 2 aliphatic heterocycles. The van der Waals surface area contributed by atoms with Crippen LogP contribution in [0.1, 0.15) is 36.0 Å². The van der Waals surface area contributed by atoms with Crippen molar-refractivity contribution in [3.05, 3.63) is 41.3 Å². The molecule has 0 unspecified atom stereocenters. The summed E-state index contributed by atoms with van der Waals surface area (Å²) in [5.74, 6) is 0.932. The zero-order valence-corrected chi connectivity index (χ0v) is 13.4. The minimum Gasteiger partial charge on any atom is -0.477 e. The van der Waals surface area contributed by atoms with Crippen LogP contribution in [0.25, 0.3) is 0 Å². The largest absolute Gasteiger partial charge is 0.477 e. The van der Waals surface area contributed by atoms with Gasteiger partial charge < -0.3 is 14.2 Å². The summed E-state index contributed by atoms with van der Waals surface area (Å²) < 4.78 is 24.4. The van der Waals surface area contributed by atoms with E-state index in [0.717, 1.165) is 18.4 Å². The van der Waals surface area contributed by atoms with Crippen LogP contribution < -0.4 is 4.74 Å². The average Bonchev–Trinajstić information content (AvgIpc) is 3.21. The van der Waals surface area contributed by atoms with E-state index in [2.05, 4.69) is 10.1 Å². The van der Waals surface area contributed by atoms with Gasteiger partial charge in [-0.25, -0.2) is 4.39 Å². The van der Waals surface area contributed by atoms with E-state index in [-0.39, 0.29) is 17.6 Å². The molecule has 6 nitrogen and oxygen atoms in total. The summed E-state index contributed by atoms with van der Waals surface area (Å²) in [5.41, 5.74) is 0.746. The van der Waals surface area contributed by atoms with Gasteiger partial charge in [0.15, 0.2) is 23.5 Å². The Hall–Kier alpha value is -2.44. The lowest BCUT2D eigenvalue weighted by molar-refractivity contribution is -0.139. The number of carbonyl (C=O) groups excluding carboxylic acids is 1. The monoisotopic (exact) mass is 331 g/mol. The molecule has 0 bridgehead atoms. The maximum atomic E-state index is 13.8. The highest BCUT2D eigenvalue weighted by molar-refractivity contribution is 5.82. The Balaban J connectivity index is 1.46. The van der Waals surface area contributed by atoms with E-state index in [1.54, 1.807) is 24.0 Å². The van der Waals surface area contributed by atoms with Gasteiger partial charge in [0.05, 0.1) is 0 Å². The van der Waals surface area contributed by atoms with Gasteiger partial charge in [0, 0.05) is 37.9 Å². The lowest BCUT2D eigenvalue weighted by Gasteiger charge is -2.32. The third kappa shape index (κ3) is 2.64. The molecule has 2 aromatic rings. The summed E-state index contributed by atoms with van der Waals surface area (Å²) in [6.07, 6.45) is 1.55. The molecule has 1 fully saturated rings. The molecule has 1 aromatic heterocycles. The fourth-order valence-corrected chi connectivity index (χ4v) is 3.44. The van der Waals surface area contributed by atoms with Crippen LogP contribution in [0, 0.1) is 12.7 Å². The van der Waals surface area contributed by atoms with Crippen molar-refractivity contribution < 1.29 is 18.4 Å². The molecule has 7 heteroatoms. The molecule has 0 aliphatic carbocycles. The van der Waals surface area contributed by atoms with Crippen molar-refractivity contribution in [1.82, 2.24) is 15.0 Å². The molecule has 1 amide bonds. The zero-order chi connectivity index (χ0) is 16.7. The molecule has 0 saturated carbocycles. The van der Waals surface area contributed by atoms with Gasteiger partial charge in [-0.1, -0.05) is 17.3 Å². The van der Waals surface area contributed by atoms with Gasteiger partial charge in [-0.15, -0.1) is 0 Å². The van der Waals surface area contributed by atoms with Crippen molar-refractivity contribution in [2.24, 2.45) is 0 Å². The molecule has 1 aromatic carbocycles. The highest BCUT2D eigenvalue weighted by Crippen LogP contribution is 2.33. The molecular weight excluding hydrogens is 313 g/mol. The van der Waals surface area contributed by atoms with Gasteiger partial charge in [-0.05, 0) is 18.9 Å². The lowest BCUT2D eigenvalue weighted by Crippen LogP contribution is -2.46. The van der Waals surface area contributed by atoms with Crippen molar-refractivity contribution in [1.29, 1.82) is 0 Å². The quantitative estimate of drug-likeness (QED) is 0.844. The Morgan fingerprint density at radius 2 is 2.29 bits per heavy atom. The Morgan fingerprint density at radius 1 is 1.42 bits per heavy atom. The van der Waals surface area contributed by atoms with Crippen LogP contribution in [0.4, 0.5) is 4.39 Å². The van der Waals surface area contributed by atoms with Gasteiger partial charge in [0.1, 0.15) is 0 Å². The summed E-state index contributed by atoms with van der Waals surface area (Å²) in [7, 11) is 0. The number of para-hydroxylation sites is 1. The number of amides is 1. The molecule has 0 N–H and O–H groups in total. The molecule has 3 heterocycles. The van der Waals surface area contributed by atoms with Crippen molar-refractivity contribution in [2.75, 3.05) is 13.1 Å². The maximum Gasteiger partial charge on any atom is 0.264 e. The van der Waals surface area contributed by atoms with Crippen molar-refractivity contribution in [3.63, 3.8) is 0 Å². The number of aromatic nitrogens is 2. The zero-order valence-electron chi connectivity index (χ0n) is 13.4. The lowest BCUT2D eigenvalue weighted by atomic mass is 9.96. The molecule has 4 rings (SSSR count). The second-order valence-corrected chi connectivity index (χ2v) is 6.33. The first-order valence-corrected chi connectivity index (χ1v) is 8.15. The molecule has 2 atom stereocenters. The number of likely N-dealkylation sites (tertiary alicyclic amines) is 1. The second kappa shape index (κ2) is 5.89. The summed E-state index contributed by atoms with van der Waals surface area (Å²) in [6.45, 7) is 2.96. The molecule has 0 radical (unpaired) electrons. The number of benzene rings is 1. The fraction of sp³-hybridized carbons (Fsp3) is 0.471. The number of hydrogen-bond acceptors (Lipinski definition) is 5. The van der Waals surface area contributed by atoms with E-state index < -0.39 is 11.9 Å². The summed E-state index contributed by atoms with van der Waals surface area (Å²) >= 11 is 0. The minimum absolute atomic E-state index is 0.0701. The fourth-order valence-electron chi connectivity index (χ4n) is 3.44. The number of hydrogen-bond donors (Lipinski definition) is 0. The topological polar surface area (TPSA) is 68.5 Å². The first-order valence-electron chi connectivity index (χ1n) is 8.15. The SMILES string of the molecule is Cc1nc([C@H]2CCCN(C(=O)[C@@H]3Cc4cccc(F)c4O3)C2)no1. The first-order chi connectivity index (χ1) is 11.6. The van der Waals surface area contributed by atoms with E-state index in [1.807, 2.05) is 0 Å². The highest BCUT2D eigenvalue weighted by Gasteiger charge is 2.36. The summed E-state index contributed by atoms with van der Waals surface area (Å²) in [4.78, 5) is 18.8. The van der Waals surface area contributed by atoms with Crippen molar-refractivity contribution in [3.8, 4) is 5.75 Å². The number of fused-ring (bicyclic) bond motifs is 1. The third-order valence-electron chi connectivity index (χ3n) is 4.63. The van der Waals surface area contributed by atoms with Gasteiger partial charge in [-0.2, -0.15) is 4.98 Å². The normalized spacial score (nSPS) is 23.0. The molecule has 0 spiro atoms. The van der Waals surface area contributed by atoms with E-state index >= 15 is 0 Å². The van der Waals surface area contributed by atoms with Gasteiger partial charge in [-0.3, -0.25) is 4.79 Å². The summed E-state index contributed by atoms with van der Waals surface area (Å²) in [5, 5.41) is 3.97. The smallest absolute Gasteiger partial charge is 0.264 e. The molecule has 2 aliphatic rings. The van der Waals surface area contributed by atoms with E-state index in [9.17, 15) is 9.18 Å². The number of halogens is 1. The van der Waals surface area contributed by atoms with Gasteiger partial charge in [0.25, 0.3) is 5.91 Å². The van der Waals surface area contributed by atoms with Crippen LogP contribution in [-0.2, 0) is 11.2 Å². The highest BCUT2D eigenvalue weighted by atomic mass is 19.1. The number of rotatable bonds is 2. The molecular formula is C17H18FN3O3. The predicted octanol–water partition coefficient (Wildman–Crippen LogP) is 2.23. The number of ether oxygens (including phenoxy) is 1. The third-order valence-corrected chi connectivity index (χ3v) is 4.63. The standard InChI is InChI=1S/C17H18FN3O3/c1-10-19-16(20-24-10)12-5-3-7-21(9-12)17(22)14-8-11-4-2-6-13(18)15(11)23-14/h2,4,6,12,14H,3,5,7-9H2,1H3/t12-,14-/m0/s1. The van der Waals surface area contributed by atoms with E-state index in [1.165, 1.54) is 6.07 Å². The van der Waals surface area contributed by atoms with E-state index in [4.69, 9.17) is 9.26 Å². The van der Waals surface area contributed by atoms with Crippen LogP contribution in [0.3, 0.4) is 0 Å². The summed E-state index contributed by atoms with van der Waals surface area (Å²) in [6, 6.07) is 4.79. The van der Waals surface area contributed by atoms with Gasteiger partial charge in [0.2, 0.25) is 5.89 Å². The van der Waals surface area contributed by atoms with Crippen LogP contribution >= 0.6 is 0 Å². The van der Waals surface area contributed by atoms with Crippen LogP contribution in [0.2, 0.25) is 0 Å². The average molecular weight is 331 g/mol. The Labute approximate surface area is 138 Å². The molecule has 126 valence electrons. The van der Waals surface area contributed by atoms with Crippen molar-refractivity contribution in [2.45, 2.75) is 38.2 Å². The predicted molar refractivity (Wildman–Crippen MR) is 82.1 cm³/mol. The second-order valence-electron chi connectivity index (χ2n) is 6.33. The van der Waals surface area contributed by atoms with Gasteiger partial charge >= 0.3 is 0 Å². The molecule has 24 heavy (non-hydrogen) atoms. The first kappa shape index (κ1) is 15.1. The molecule has 1 saturated heterocycles. The number of carbonyl (C=O) groups is 1. The van der Waals surface area contributed by atoms with E-state index in [0.29, 0.717) is 31.2 Å². The van der Waals surface area contributed by atoms with Crippen LogP contribution in [0.15, 0.2) is 22.7 Å². The van der Waals surface area contributed by atoms with Crippen LogP contribution in [-0.4, -0.2) is 40.1 Å². The van der Waals surface area contributed by atoms with Crippen LogP contribution in [0.5, 0.6) is 5.75 Å². The minimum atomic E-state index is -0.650. The number of nitrogens with zero attached hydrogens (tertiary/aromatic N) is 3. The number of aryl methyl sites for hydroxylation is 1.